The van der Waals surface area contributed by atoms with Crippen LogP contribution in [0.5, 0.6) is 0 Å². The van der Waals surface area contributed by atoms with E-state index >= 15 is 0 Å². The molecule has 1 amide bonds. The molecule has 0 fully saturated rings. The predicted octanol–water partition coefficient (Wildman–Crippen LogP) is 7.02. The number of nitrogens with zero attached hydrogens (tertiary/aromatic N) is 1. The zero-order valence-corrected chi connectivity index (χ0v) is 29.7. The molecule has 6 nitrogen and oxygen atoms in total. The molecule has 0 saturated carbocycles. The number of nitrogens with two attached hydrogens (primary N) is 1. The van der Waals surface area contributed by atoms with Gasteiger partial charge in [0, 0.05) is 35.3 Å². The van der Waals surface area contributed by atoms with Crippen LogP contribution >= 0.6 is 0 Å². The standard InChI is InChI=1S/C36H35N3O2.C10H9N/c1-39(2)33-21-26-9-3-4-10-28(26)31-18-17-29-30(35(31)33)11-6-12-32(29)36(41)25-13-15-27(16-14-25)38-34(40)20-23-7-5-8-24(19-23)22-37;1-2-7-10-9(5-1)6-3-4-8-11-10/h3-5,7-10,13-19,21,33H,6,11-12,20,22,37H2,1-2H3,(H,38,40);1-8,11H. The van der Waals surface area contributed by atoms with Crippen LogP contribution in [-0.4, -0.2) is 30.7 Å². The number of nitrogens with one attached hydrogen (secondary N) is 2. The maximum absolute atomic E-state index is 13.8. The fraction of sp³-hybridized carbons (Fsp3) is 0.174. The number of amides is 1. The van der Waals surface area contributed by atoms with Crippen molar-refractivity contribution < 1.29 is 9.59 Å². The largest absolute Gasteiger partial charge is 0.361 e. The number of fused-ring (bicyclic) bond motifs is 5. The molecule has 0 aromatic heterocycles. The molecule has 1 aliphatic heterocycles. The van der Waals surface area contributed by atoms with Crippen molar-refractivity contribution in [2.75, 3.05) is 24.7 Å². The molecule has 1 heterocycles. The molecule has 8 rings (SSSR count). The van der Waals surface area contributed by atoms with Gasteiger partial charge in [-0.25, -0.2) is 0 Å². The highest BCUT2D eigenvalue weighted by molar-refractivity contribution is 6.24. The summed E-state index contributed by atoms with van der Waals surface area (Å²) in [5.41, 5.74) is 14.9. The van der Waals surface area contributed by atoms with Crippen molar-refractivity contribution >= 4 is 40.8 Å². The maximum Gasteiger partial charge on any atom is 0.228 e. The van der Waals surface area contributed by atoms with E-state index in [2.05, 4.69) is 90.3 Å². The minimum Gasteiger partial charge on any atom is -0.361 e. The number of para-hydroxylation sites is 1. The molecule has 2 aliphatic carbocycles. The number of Topliss-reactive ketones (excluding diaryl/α,β-unsaturated/α-hetero) is 1. The molecule has 6 heteroatoms. The number of ketones is 1. The van der Waals surface area contributed by atoms with Crippen LogP contribution in [0, 0.1) is 10.4 Å². The molecule has 0 saturated heterocycles. The summed E-state index contributed by atoms with van der Waals surface area (Å²) in [6.07, 6.45) is 13.3. The van der Waals surface area contributed by atoms with Crippen molar-refractivity contribution in [2.24, 2.45) is 5.73 Å². The number of rotatable bonds is 7. The van der Waals surface area contributed by atoms with E-state index in [-0.39, 0.29) is 24.2 Å². The Balaban J connectivity index is 0.000000324. The van der Waals surface area contributed by atoms with E-state index < -0.39 is 0 Å². The van der Waals surface area contributed by atoms with Crippen molar-refractivity contribution in [2.45, 2.75) is 38.3 Å². The number of allylic oxidation sites excluding steroid dienone is 2. The van der Waals surface area contributed by atoms with Gasteiger partial charge >= 0.3 is 0 Å². The molecule has 0 bridgehead atoms. The lowest BCUT2D eigenvalue weighted by molar-refractivity contribution is -0.115. The minimum absolute atomic E-state index is 0.0592. The van der Waals surface area contributed by atoms with E-state index in [9.17, 15) is 9.59 Å². The first-order valence-corrected chi connectivity index (χ1v) is 17.9. The van der Waals surface area contributed by atoms with Crippen LogP contribution in [0.1, 0.15) is 57.1 Å². The Hall–Kier alpha value is -5.82. The van der Waals surface area contributed by atoms with E-state index in [1.807, 2.05) is 79.0 Å². The SMILES string of the molecule is C1=CNc2ccccc2C=C1.CN(C)C1C=c2ccccc2=c2ccc3c(c21)CCCC=3C(=O)c1ccc(NC(=O)Cc2cccc(CN)c2)cc1. The van der Waals surface area contributed by atoms with Crippen molar-refractivity contribution in [1.29, 1.82) is 0 Å². The zero-order chi connectivity index (χ0) is 36.0. The second-order valence-corrected chi connectivity index (χ2v) is 13.7. The summed E-state index contributed by atoms with van der Waals surface area (Å²) in [5, 5.41) is 11.0. The van der Waals surface area contributed by atoms with Crippen LogP contribution < -0.4 is 26.8 Å². The summed E-state index contributed by atoms with van der Waals surface area (Å²) in [6.45, 7) is 0.444. The number of benzene rings is 5. The summed E-state index contributed by atoms with van der Waals surface area (Å²) in [4.78, 5) is 28.7. The average Bonchev–Trinajstić information content (AvgIpc) is 3.43. The Labute approximate surface area is 305 Å². The van der Waals surface area contributed by atoms with E-state index in [4.69, 9.17) is 5.73 Å². The maximum atomic E-state index is 13.8. The first-order chi connectivity index (χ1) is 25.4. The Bertz CT molecular complexity index is 2430. The van der Waals surface area contributed by atoms with Crippen LogP contribution in [-0.2, 0) is 24.2 Å². The van der Waals surface area contributed by atoms with Gasteiger partial charge in [0.1, 0.15) is 0 Å². The minimum atomic E-state index is -0.104. The second-order valence-electron chi connectivity index (χ2n) is 13.7. The van der Waals surface area contributed by atoms with E-state index in [1.54, 1.807) is 0 Å². The molecule has 1 unspecified atom stereocenters. The van der Waals surface area contributed by atoms with Crippen LogP contribution in [0.2, 0.25) is 0 Å². The third-order valence-corrected chi connectivity index (χ3v) is 9.96. The Kier molecular flexibility index (Phi) is 10.4. The number of hydrogen-bond acceptors (Lipinski definition) is 5. The number of hydrogen-bond donors (Lipinski definition) is 3. The molecule has 0 radical (unpaired) electrons. The van der Waals surface area contributed by atoms with Gasteiger partial charge in [-0.15, -0.1) is 0 Å². The van der Waals surface area contributed by atoms with Crippen molar-refractivity contribution in [1.82, 2.24) is 4.90 Å². The van der Waals surface area contributed by atoms with Crippen LogP contribution in [0.25, 0.3) is 17.7 Å². The van der Waals surface area contributed by atoms with Crippen molar-refractivity contribution in [3.05, 3.63) is 182 Å². The Morgan fingerprint density at radius 3 is 2.40 bits per heavy atom. The summed E-state index contributed by atoms with van der Waals surface area (Å²) < 4.78 is 0. The lowest BCUT2D eigenvalue weighted by atomic mass is 9.82. The summed E-state index contributed by atoms with van der Waals surface area (Å²) in [7, 11) is 4.24. The lowest BCUT2D eigenvalue weighted by Gasteiger charge is -2.29. The van der Waals surface area contributed by atoms with Gasteiger partial charge in [-0.05, 0) is 118 Å². The smallest absolute Gasteiger partial charge is 0.228 e. The van der Waals surface area contributed by atoms with E-state index in [0.717, 1.165) is 46.9 Å². The third-order valence-electron chi connectivity index (χ3n) is 9.96. The molecule has 3 aliphatic rings. The summed E-state index contributed by atoms with van der Waals surface area (Å²) >= 11 is 0. The Morgan fingerprint density at radius 2 is 1.58 bits per heavy atom. The van der Waals surface area contributed by atoms with Crippen LogP contribution in [0.15, 0.2) is 128 Å². The van der Waals surface area contributed by atoms with Crippen LogP contribution in [0.3, 0.4) is 0 Å². The van der Waals surface area contributed by atoms with Gasteiger partial charge in [-0.1, -0.05) is 97.1 Å². The van der Waals surface area contributed by atoms with E-state index in [0.29, 0.717) is 17.8 Å². The quantitative estimate of drug-likeness (QED) is 0.161. The molecule has 4 N–H and O–H groups in total. The first kappa shape index (κ1) is 34.6. The predicted molar refractivity (Wildman–Crippen MR) is 213 cm³/mol. The molecule has 5 aromatic carbocycles. The lowest BCUT2D eigenvalue weighted by Crippen LogP contribution is -2.31. The first-order valence-electron chi connectivity index (χ1n) is 17.9. The molecular formula is C46H44N4O2. The van der Waals surface area contributed by atoms with Crippen LogP contribution in [0.4, 0.5) is 11.4 Å². The molecule has 1 atom stereocenters. The fourth-order valence-corrected chi connectivity index (χ4v) is 7.41. The van der Waals surface area contributed by atoms with E-state index in [1.165, 1.54) is 32.3 Å². The number of anilines is 2. The second kappa shape index (κ2) is 15.6. The number of carbonyl (C=O) groups excluding carboxylic acids is 2. The summed E-state index contributed by atoms with van der Waals surface area (Å²) in [6, 6.07) is 36.3. The van der Waals surface area contributed by atoms with Gasteiger partial charge in [-0.2, -0.15) is 0 Å². The zero-order valence-electron chi connectivity index (χ0n) is 29.7. The highest BCUT2D eigenvalue weighted by atomic mass is 16.1. The Morgan fingerprint density at radius 1 is 0.808 bits per heavy atom. The average molecular weight is 685 g/mol. The molecule has 5 aromatic rings. The van der Waals surface area contributed by atoms with Gasteiger partial charge in [0.2, 0.25) is 5.91 Å². The van der Waals surface area contributed by atoms with Gasteiger partial charge in [0.25, 0.3) is 0 Å². The fourth-order valence-electron chi connectivity index (χ4n) is 7.41. The highest BCUT2D eigenvalue weighted by Gasteiger charge is 2.25. The highest BCUT2D eigenvalue weighted by Crippen LogP contribution is 2.30. The summed E-state index contributed by atoms with van der Waals surface area (Å²) in [5.74, 6) is -0.0450. The topological polar surface area (TPSA) is 87.5 Å². The monoisotopic (exact) mass is 684 g/mol. The normalized spacial score (nSPS) is 15.0. The van der Waals surface area contributed by atoms with Gasteiger partial charge in [-0.3, -0.25) is 14.5 Å². The van der Waals surface area contributed by atoms with Gasteiger partial charge < -0.3 is 16.4 Å². The third kappa shape index (κ3) is 7.45. The van der Waals surface area contributed by atoms with Crippen molar-refractivity contribution in [3.63, 3.8) is 0 Å². The van der Waals surface area contributed by atoms with Crippen molar-refractivity contribution in [3.8, 4) is 0 Å². The molecule has 52 heavy (non-hydrogen) atoms. The molecule has 260 valence electrons. The van der Waals surface area contributed by atoms with Gasteiger partial charge in [0.15, 0.2) is 5.78 Å². The van der Waals surface area contributed by atoms with Gasteiger partial charge in [0.05, 0.1) is 12.5 Å². The number of carbonyl (C=O) groups is 2. The molecule has 0 spiro atoms. The molecular weight excluding hydrogens is 641 g/mol.